The zero-order chi connectivity index (χ0) is 6.48. The molecular weight excluding hydrogens is 153 g/mol. The van der Waals surface area contributed by atoms with Crippen LogP contribution in [0.2, 0.25) is 0 Å². The molecule has 2 N–H and O–H groups in total. The summed E-state index contributed by atoms with van der Waals surface area (Å²) in [4.78, 5) is 0. The van der Waals surface area contributed by atoms with Crippen molar-refractivity contribution >= 4 is 12.4 Å². The first-order chi connectivity index (χ1) is 4.20. The van der Waals surface area contributed by atoms with Crippen molar-refractivity contribution < 1.29 is 4.39 Å². The van der Waals surface area contributed by atoms with Gasteiger partial charge in [-0.3, -0.25) is 0 Å². The highest BCUT2D eigenvalue weighted by Gasteiger charge is 2.51. The summed E-state index contributed by atoms with van der Waals surface area (Å²) in [5.74, 6) is 0. The van der Waals surface area contributed by atoms with E-state index in [0.29, 0.717) is 11.5 Å². The fourth-order valence-electron chi connectivity index (χ4n) is 2.27. The van der Waals surface area contributed by atoms with Crippen LogP contribution in [0.5, 0.6) is 0 Å². The van der Waals surface area contributed by atoms with E-state index < -0.39 is 6.17 Å². The van der Waals surface area contributed by atoms with Crippen LogP contribution in [0.1, 0.15) is 25.7 Å². The molecule has 0 atom stereocenters. The van der Waals surface area contributed by atoms with Crippen LogP contribution in [0.3, 0.4) is 0 Å². The van der Waals surface area contributed by atoms with Crippen LogP contribution in [0.15, 0.2) is 0 Å². The van der Waals surface area contributed by atoms with Gasteiger partial charge in [-0.05, 0) is 31.1 Å². The van der Waals surface area contributed by atoms with Crippen LogP contribution >= 0.6 is 12.4 Å². The second-order valence-electron chi connectivity index (χ2n) is 3.67. The molecule has 1 nitrogen and oxygen atoms in total. The molecule has 1 spiro atoms. The maximum absolute atomic E-state index is 12.3. The van der Waals surface area contributed by atoms with Gasteiger partial charge in [0, 0.05) is 6.04 Å². The van der Waals surface area contributed by atoms with Crippen molar-refractivity contribution in [3.63, 3.8) is 0 Å². The summed E-state index contributed by atoms with van der Waals surface area (Å²) in [6.07, 6.45) is 3.24. The zero-order valence-electron chi connectivity index (χ0n) is 5.85. The quantitative estimate of drug-likeness (QED) is 0.581. The van der Waals surface area contributed by atoms with Gasteiger partial charge in [0.2, 0.25) is 0 Å². The number of hydrogen-bond donors (Lipinski definition) is 1. The molecule has 60 valence electrons. The molecule has 2 saturated carbocycles. The summed E-state index contributed by atoms with van der Waals surface area (Å²) < 4.78 is 12.3. The summed E-state index contributed by atoms with van der Waals surface area (Å²) >= 11 is 0. The summed E-state index contributed by atoms with van der Waals surface area (Å²) in [6.45, 7) is 0. The highest BCUT2D eigenvalue weighted by Crippen LogP contribution is 2.56. The Labute approximate surface area is 66.6 Å². The molecule has 0 aliphatic heterocycles. The van der Waals surface area contributed by atoms with Crippen molar-refractivity contribution in [2.45, 2.75) is 37.9 Å². The van der Waals surface area contributed by atoms with E-state index in [2.05, 4.69) is 0 Å². The molecule has 2 fully saturated rings. The first-order valence-electron chi connectivity index (χ1n) is 3.60. The Morgan fingerprint density at radius 3 is 2.00 bits per heavy atom. The molecule has 0 aromatic carbocycles. The topological polar surface area (TPSA) is 26.0 Å². The molecule has 0 heterocycles. The van der Waals surface area contributed by atoms with E-state index in [9.17, 15) is 4.39 Å². The zero-order valence-corrected chi connectivity index (χ0v) is 6.66. The minimum absolute atomic E-state index is 0. The maximum Gasteiger partial charge on any atom is 0.101 e. The van der Waals surface area contributed by atoms with E-state index >= 15 is 0 Å². The summed E-state index contributed by atoms with van der Waals surface area (Å²) in [7, 11) is 0. The summed E-state index contributed by atoms with van der Waals surface area (Å²) in [5.41, 5.74) is 5.97. The van der Waals surface area contributed by atoms with Crippen LogP contribution in [-0.4, -0.2) is 12.2 Å². The fraction of sp³-hybridized carbons (Fsp3) is 1.00. The minimum Gasteiger partial charge on any atom is -0.328 e. The predicted octanol–water partition coefficient (Wildman–Crippen LogP) is 1.65. The number of alkyl halides is 1. The molecule has 10 heavy (non-hydrogen) atoms. The van der Waals surface area contributed by atoms with Gasteiger partial charge in [-0.15, -0.1) is 12.4 Å². The third-order valence-electron chi connectivity index (χ3n) is 2.70. The highest BCUT2D eigenvalue weighted by atomic mass is 35.5. The molecule has 0 saturated heterocycles. The van der Waals surface area contributed by atoms with Crippen LogP contribution in [0.25, 0.3) is 0 Å². The maximum atomic E-state index is 12.3. The van der Waals surface area contributed by atoms with Crippen molar-refractivity contribution in [3.8, 4) is 0 Å². The van der Waals surface area contributed by atoms with Crippen molar-refractivity contribution in [1.82, 2.24) is 0 Å². The molecule has 0 radical (unpaired) electrons. The second-order valence-corrected chi connectivity index (χ2v) is 3.67. The predicted molar refractivity (Wildman–Crippen MR) is 41.0 cm³/mol. The van der Waals surface area contributed by atoms with Gasteiger partial charge in [-0.2, -0.15) is 0 Å². The molecule has 2 rings (SSSR count). The number of nitrogens with two attached hydrogens (primary N) is 1. The van der Waals surface area contributed by atoms with Crippen molar-refractivity contribution in [3.05, 3.63) is 0 Å². The van der Waals surface area contributed by atoms with E-state index in [1.54, 1.807) is 0 Å². The second kappa shape index (κ2) is 2.35. The summed E-state index contributed by atoms with van der Waals surface area (Å²) in [6, 6.07) is 0.387. The lowest BCUT2D eigenvalue weighted by Crippen LogP contribution is -2.54. The van der Waals surface area contributed by atoms with Gasteiger partial charge in [0.15, 0.2) is 0 Å². The molecule has 0 bridgehead atoms. The van der Waals surface area contributed by atoms with E-state index in [4.69, 9.17) is 5.73 Å². The average Bonchev–Trinajstić information content (AvgIpc) is 1.58. The minimum atomic E-state index is -0.502. The Morgan fingerprint density at radius 1 is 1.20 bits per heavy atom. The standard InChI is InChI=1S/C7H12FN.ClH/c8-5-1-7(2-5)3-6(9)4-7;/h5-6H,1-4,9H2;1H. The van der Waals surface area contributed by atoms with E-state index in [-0.39, 0.29) is 12.4 Å². The molecule has 2 aliphatic rings. The Hall–Kier alpha value is 0.180. The average molecular weight is 166 g/mol. The van der Waals surface area contributed by atoms with Gasteiger partial charge >= 0.3 is 0 Å². The molecular formula is C7H13ClFN. The Bertz CT molecular complexity index is 108. The smallest absolute Gasteiger partial charge is 0.101 e. The normalized spacial score (nSPS) is 51.0. The lowest BCUT2D eigenvalue weighted by Gasteiger charge is -2.54. The van der Waals surface area contributed by atoms with E-state index in [1.807, 2.05) is 0 Å². The van der Waals surface area contributed by atoms with Crippen LogP contribution < -0.4 is 5.73 Å². The Balaban J connectivity index is 0.000000500. The molecule has 0 aromatic rings. The van der Waals surface area contributed by atoms with Crippen LogP contribution in [-0.2, 0) is 0 Å². The fourth-order valence-corrected chi connectivity index (χ4v) is 2.27. The number of halogens is 2. The number of hydrogen-bond acceptors (Lipinski definition) is 1. The Kier molecular flexibility index (Phi) is 1.94. The molecule has 3 heteroatoms. The largest absolute Gasteiger partial charge is 0.328 e. The van der Waals surface area contributed by atoms with E-state index in [0.717, 1.165) is 25.7 Å². The lowest BCUT2D eigenvalue weighted by molar-refractivity contribution is -0.0529. The van der Waals surface area contributed by atoms with Crippen molar-refractivity contribution in [2.75, 3.05) is 0 Å². The molecule has 2 aliphatic carbocycles. The van der Waals surface area contributed by atoms with Gasteiger partial charge < -0.3 is 5.73 Å². The molecule has 0 amide bonds. The van der Waals surface area contributed by atoms with Crippen LogP contribution in [0, 0.1) is 5.41 Å². The Morgan fingerprint density at radius 2 is 1.70 bits per heavy atom. The summed E-state index contributed by atoms with van der Waals surface area (Å²) in [5, 5.41) is 0. The number of rotatable bonds is 0. The van der Waals surface area contributed by atoms with Gasteiger partial charge in [0.1, 0.15) is 6.17 Å². The van der Waals surface area contributed by atoms with Crippen LogP contribution in [0.4, 0.5) is 4.39 Å². The van der Waals surface area contributed by atoms with Crippen molar-refractivity contribution in [1.29, 1.82) is 0 Å². The van der Waals surface area contributed by atoms with Crippen molar-refractivity contribution in [2.24, 2.45) is 11.1 Å². The first kappa shape index (κ1) is 8.28. The highest BCUT2D eigenvalue weighted by molar-refractivity contribution is 5.85. The lowest BCUT2D eigenvalue weighted by atomic mass is 9.53. The van der Waals surface area contributed by atoms with Gasteiger partial charge in [0.25, 0.3) is 0 Å². The SMILES string of the molecule is Cl.NC1CC2(C1)CC(F)C2. The van der Waals surface area contributed by atoms with E-state index in [1.165, 1.54) is 0 Å². The van der Waals surface area contributed by atoms with Gasteiger partial charge in [0.05, 0.1) is 0 Å². The third-order valence-corrected chi connectivity index (χ3v) is 2.70. The van der Waals surface area contributed by atoms with Gasteiger partial charge in [-0.1, -0.05) is 0 Å². The molecule has 0 aromatic heterocycles. The van der Waals surface area contributed by atoms with Gasteiger partial charge in [-0.25, -0.2) is 4.39 Å². The monoisotopic (exact) mass is 165 g/mol. The third kappa shape index (κ3) is 1.04. The first-order valence-corrected chi connectivity index (χ1v) is 3.60. The molecule has 0 unspecified atom stereocenters.